The van der Waals surface area contributed by atoms with E-state index in [0.717, 1.165) is 0 Å². The van der Waals surface area contributed by atoms with Crippen LogP contribution in [0.4, 0.5) is 0 Å². The van der Waals surface area contributed by atoms with E-state index in [1.54, 1.807) is 30.4 Å². The molecule has 0 spiro atoms. The molecule has 2 aromatic rings. The number of amides is 1. The third-order valence-corrected chi connectivity index (χ3v) is 2.57. The maximum Gasteiger partial charge on any atom is 0.349 e. The molecule has 0 aliphatic carbocycles. The Hall–Kier alpha value is -2.40. The van der Waals surface area contributed by atoms with Crippen molar-refractivity contribution < 1.29 is 9.21 Å². The number of fused-ring (bicyclic) bond motifs is 1. The van der Waals surface area contributed by atoms with Crippen LogP contribution in [0, 0.1) is 0 Å². The van der Waals surface area contributed by atoms with E-state index in [1.807, 2.05) is 6.07 Å². The Morgan fingerprint density at radius 1 is 1.32 bits per heavy atom. The SMILES string of the molecule is NC/C=C/CNC(=O)c1cc2ccccc2oc1=O. The summed E-state index contributed by atoms with van der Waals surface area (Å²) < 4.78 is 5.09. The average Bonchev–Trinajstić information content (AvgIpc) is 2.42. The van der Waals surface area contributed by atoms with E-state index in [1.165, 1.54) is 6.07 Å². The molecule has 0 bridgehead atoms. The first-order chi connectivity index (χ1) is 9.22. The van der Waals surface area contributed by atoms with Crippen molar-refractivity contribution in [3.05, 3.63) is 58.5 Å². The van der Waals surface area contributed by atoms with Crippen LogP contribution in [0.15, 0.2) is 51.7 Å². The number of hydrogen-bond acceptors (Lipinski definition) is 4. The number of nitrogens with one attached hydrogen (secondary N) is 1. The van der Waals surface area contributed by atoms with Crippen molar-refractivity contribution in [3.8, 4) is 0 Å². The predicted molar refractivity (Wildman–Crippen MR) is 73.0 cm³/mol. The lowest BCUT2D eigenvalue weighted by Crippen LogP contribution is -2.28. The topological polar surface area (TPSA) is 85.3 Å². The average molecular weight is 258 g/mol. The van der Waals surface area contributed by atoms with Crippen LogP contribution in [0.1, 0.15) is 10.4 Å². The van der Waals surface area contributed by atoms with Gasteiger partial charge in [-0.05, 0) is 12.1 Å². The van der Waals surface area contributed by atoms with Crippen molar-refractivity contribution in [3.63, 3.8) is 0 Å². The summed E-state index contributed by atoms with van der Waals surface area (Å²) in [5, 5.41) is 3.31. The van der Waals surface area contributed by atoms with Crippen molar-refractivity contribution >= 4 is 16.9 Å². The van der Waals surface area contributed by atoms with Gasteiger partial charge in [-0.2, -0.15) is 0 Å². The molecular weight excluding hydrogens is 244 g/mol. The van der Waals surface area contributed by atoms with Gasteiger partial charge < -0.3 is 15.5 Å². The van der Waals surface area contributed by atoms with E-state index in [4.69, 9.17) is 10.2 Å². The predicted octanol–water partition coefficient (Wildman–Crippen LogP) is 1.04. The number of nitrogens with two attached hydrogens (primary N) is 1. The summed E-state index contributed by atoms with van der Waals surface area (Å²) in [5.41, 5.74) is 5.10. The van der Waals surface area contributed by atoms with Crippen LogP contribution in [-0.4, -0.2) is 19.0 Å². The Balaban J connectivity index is 2.24. The molecule has 0 aliphatic heterocycles. The minimum absolute atomic E-state index is 0.000140. The van der Waals surface area contributed by atoms with Crippen LogP contribution in [0.3, 0.4) is 0 Å². The summed E-state index contributed by atoms with van der Waals surface area (Å²) in [6, 6.07) is 8.57. The summed E-state index contributed by atoms with van der Waals surface area (Å²) in [6.45, 7) is 0.732. The molecule has 98 valence electrons. The second kappa shape index (κ2) is 5.97. The molecule has 5 nitrogen and oxygen atoms in total. The van der Waals surface area contributed by atoms with Crippen molar-refractivity contribution in [2.45, 2.75) is 0 Å². The fourth-order valence-corrected chi connectivity index (χ4v) is 1.65. The van der Waals surface area contributed by atoms with Crippen molar-refractivity contribution in [2.75, 3.05) is 13.1 Å². The zero-order valence-corrected chi connectivity index (χ0v) is 10.3. The summed E-state index contributed by atoms with van der Waals surface area (Å²) in [4.78, 5) is 23.5. The molecule has 1 aromatic heterocycles. The lowest BCUT2D eigenvalue weighted by atomic mass is 10.2. The minimum Gasteiger partial charge on any atom is -0.422 e. The lowest BCUT2D eigenvalue weighted by molar-refractivity contribution is 0.0954. The summed E-state index contributed by atoms with van der Waals surface area (Å²) in [6.07, 6.45) is 3.45. The Kier molecular flexibility index (Phi) is 4.10. The molecule has 1 heterocycles. The highest BCUT2D eigenvalue weighted by molar-refractivity contribution is 5.96. The number of benzene rings is 1. The highest BCUT2D eigenvalue weighted by Crippen LogP contribution is 2.12. The normalized spacial score (nSPS) is 11.0. The molecule has 1 amide bonds. The maximum absolute atomic E-state index is 11.8. The molecule has 19 heavy (non-hydrogen) atoms. The summed E-state index contributed by atoms with van der Waals surface area (Å²) in [5.74, 6) is -0.457. The number of carbonyl (C=O) groups excluding carboxylic acids is 1. The highest BCUT2D eigenvalue weighted by atomic mass is 16.4. The second-order valence-electron chi connectivity index (χ2n) is 3.90. The van der Waals surface area contributed by atoms with Crippen LogP contribution >= 0.6 is 0 Å². The number of carbonyl (C=O) groups is 1. The standard InChI is InChI=1S/C14H14N2O3/c15-7-3-4-8-16-13(17)11-9-10-5-1-2-6-12(10)19-14(11)18/h1-6,9H,7-8,15H2,(H,16,17)/b4-3+. The number of rotatable bonds is 4. The zero-order valence-electron chi connectivity index (χ0n) is 10.3. The monoisotopic (exact) mass is 258 g/mol. The van der Waals surface area contributed by atoms with Gasteiger partial charge in [0.1, 0.15) is 11.1 Å². The van der Waals surface area contributed by atoms with Gasteiger partial charge in [0.05, 0.1) is 0 Å². The lowest BCUT2D eigenvalue weighted by Gasteiger charge is -2.02. The summed E-state index contributed by atoms with van der Waals surface area (Å²) in [7, 11) is 0. The van der Waals surface area contributed by atoms with Crippen LogP contribution in [0.2, 0.25) is 0 Å². The first-order valence-electron chi connectivity index (χ1n) is 5.88. The molecule has 0 saturated heterocycles. The Morgan fingerprint density at radius 2 is 2.11 bits per heavy atom. The van der Waals surface area contributed by atoms with Crippen LogP contribution in [-0.2, 0) is 0 Å². The smallest absolute Gasteiger partial charge is 0.349 e. The molecule has 0 aliphatic rings. The van der Waals surface area contributed by atoms with Gasteiger partial charge >= 0.3 is 5.63 Å². The van der Waals surface area contributed by atoms with Crippen molar-refractivity contribution in [1.29, 1.82) is 0 Å². The third kappa shape index (κ3) is 3.08. The fraction of sp³-hybridized carbons (Fsp3) is 0.143. The van der Waals surface area contributed by atoms with Gasteiger partial charge in [-0.3, -0.25) is 4.79 Å². The third-order valence-electron chi connectivity index (χ3n) is 2.57. The molecule has 0 fully saturated rings. The highest BCUT2D eigenvalue weighted by Gasteiger charge is 2.12. The first kappa shape index (κ1) is 13.0. The molecule has 0 saturated carbocycles. The number of hydrogen-bond donors (Lipinski definition) is 2. The minimum atomic E-state index is -0.640. The Labute approximate surface area is 109 Å². The van der Waals surface area contributed by atoms with Crippen molar-refractivity contribution in [2.24, 2.45) is 5.73 Å². The number of para-hydroxylation sites is 1. The van der Waals surface area contributed by atoms with Gasteiger partial charge in [0, 0.05) is 18.5 Å². The van der Waals surface area contributed by atoms with Gasteiger partial charge in [-0.25, -0.2) is 4.79 Å². The van der Waals surface area contributed by atoms with E-state index in [0.29, 0.717) is 24.1 Å². The van der Waals surface area contributed by atoms with Crippen LogP contribution in [0.25, 0.3) is 11.0 Å². The molecule has 0 radical (unpaired) electrons. The second-order valence-corrected chi connectivity index (χ2v) is 3.90. The molecular formula is C14H14N2O3. The van der Waals surface area contributed by atoms with E-state index >= 15 is 0 Å². The molecule has 2 rings (SSSR count). The fourth-order valence-electron chi connectivity index (χ4n) is 1.65. The summed E-state index contributed by atoms with van der Waals surface area (Å²) >= 11 is 0. The Bertz CT molecular complexity index is 674. The van der Waals surface area contributed by atoms with Gasteiger partial charge in [0.15, 0.2) is 0 Å². The maximum atomic E-state index is 11.8. The van der Waals surface area contributed by atoms with E-state index < -0.39 is 11.5 Å². The Morgan fingerprint density at radius 3 is 2.89 bits per heavy atom. The van der Waals surface area contributed by atoms with E-state index in [9.17, 15) is 9.59 Å². The quantitative estimate of drug-likeness (QED) is 0.633. The first-order valence-corrected chi connectivity index (χ1v) is 5.88. The molecule has 3 N–H and O–H groups in total. The molecule has 1 aromatic carbocycles. The van der Waals surface area contributed by atoms with Gasteiger partial charge in [0.2, 0.25) is 0 Å². The van der Waals surface area contributed by atoms with Gasteiger partial charge in [0.25, 0.3) is 5.91 Å². The van der Waals surface area contributed by atoms with Gasteiger partial charge in [-0.15, -0.1) is 0 Å². The zero-order chi connectivity index (χ0) is 13.7. The van der Waals surface area contributed by atoms with Crippen LogP contribution in [0.5, 0.6) is 0 Å². The van der Waals surface area contributed by atoms with E-state index in [2.05, 4.69) is 5.32 Å². The van der Waals surface area contributed by atoms with Crippen LogP contribution < -0.4 is 16.7 Å². The molecule has 0 unspecified atom stereocenters. The van der Waals surface area contributed by atoms with E-state index in [-0.39, 0.29) is 5.56 Å². The van der Waals surface area contributed by atoms with Crippen molar-refractivity contribution in [1.82, 2.24) is 5.32 Å². The largest absolute Gasteiger partial charge is 0.422 e. The van der Waals surface area contributed by atoms with Gasteiger partial charge in [-0.1, -0.05) is 30.4 Å². The molecule has 5 heteroatoms. The molecule has 0 atom stereocenters.